The molecule has 0 spiro atoms. The normalized spacial score (nSPS) is 25.3. The molecule has 1 saturated carbocycles. The van der Waals surface area contributed by atoms with Crippen LogP contribution in [0.4, 0.5) is 13.2 Å². The van der Waals surface area contributed by atoms with Crippen LogP contribution in [-0.4, -0.2) is 42.5 Å². The van der Waals surface area contributed by atoms with Crippen LogP contribution >= 0.6 is 0 Å². The highest BCUT2D eigenvalue weighted by atomic mass is 19.4. The van der Waals surface area contributed by atoms with Gasteiger partial charge in [0.05, 0.1) is 5.56 Å². The molecule has 2 aliphatic rings. The molecular weight excluding hydrogens is 289 g/mol. The Bertz CT molecular complexity index is 515. The lowest BCUT2D eigenvalue weighted by molar-refractivity contribution is -0.138. The number of likely N-dealkylation sites (tertiary alicyclic amines) is 1. The second-order valence-electron chi connectivity index (χ2n) is 6.72. The molecular formula is C17H23F3N2. The number of hydrogen-bond donors (Lipinski definition) is 0. The summed E-state index contributed by atoms with van der Waals surface area (Å²) in [6, 6.07) is 6.60. The Morgan fingerprint density at radius 2 is 2.00 bits per heavy atom. The van der Waals surface area contributed by atoms with Crippen molar-refractivity contribution in [3.05, 3.63) is 35.4 Å². The van der Waals surface area contributed by atoms with E-state index < -0.39 is 11.7 Å². The second-order valence-corrected chi connectivity index (χ2v) is 6.72. The topological polar surface area (TPSA) is 6.48 Å². The number of nitrogens with zero attached hydrogens (tertiary/aromatic N) is 2. The van der Waals surface area contributed by atoms with E-state index in [9.17, 15) is 13.2 Å². The predicted octanol–water partition coefficient (Wildman–Crippen LogP) is 3.62. The molecule has 2 bridgehead atoms. The molecule has 1 aromatic rings. The Morgan fingerprint density at radius 1 is 1.23 bits per heavy atom. The maximum absolute atomic E-state index is 13.0. The van der Waals surface area contributed by atoms with Gasteiger partial charge < -0.3 is 4.90 Å². The number of hydrogen-bond acceptors (Lipinski definition) is 2. The summed E-state index contributed by atoms with van der Waals surface area (Å²) in [6.07, 6.45) is -0.298. The van der Waals surface area contributed by atoms with Crippen molar-refractivity contribution in [1.29, 1.82) is 0 Å². The van der Waals surface area contributed by atoms with Crippen molar-refractivity contribution in [1.82, 2.24) is 9.80 Å². The van der Waals surface area contributed by atoms with Gasteiger partial charge in [-0.05, 0) is 43.9 Å². The standard InChI is InChI=1S/C17H23F3N2/c1-21(8-9-22-11-13-6-7-15(22)10-13)12-14-4-2-3-5-16(14)17(18,19)20/h2-5,13,15H,6-12H2,1H3/t13-,15+/m1/s1. The quantitative estimate of drug-likeness (QED) is 0.819. The zero-order chi connectivity index (χ0) is 15.7. The molecule has 0 aromatic heterocycles. The molecule has 0 amide bonds. The minimum atomic E-state index is -4.27. The molecule has 3 rings (SSSR count). The van der Waals surface area contributed by atoms with E-state index in [0.29, 0.717) is 12.1 Å². The number of benzene rings is 1. The van der Waals surface area contributed by atoms with E-state index in [1.165, 1.54) is 37.9 Å². The van der Waals surface area contributed by atoms with Crippen LogP contribution < -0.4 is 0 Å². The number of fused-ring (bicyclic) bond motifs is 2. The Balaban J connectivity index is 1.55. The summed E-state index contributed by atoms with van der Waals surface area (Å²) in [5, 5.41) is 0. The van der Waals surface area contributed by atoms with Crippen molar-refractivity contribution < 1.29 is 13.2 Å². The molecule has 1 aromatic carbocycles. The monoisotopic (exact) mass is 312 g/mol. The number of likely N-dealkylation sites (N-methyl/N-ethyl adjacent to an activating group) is 1. The van der Waals surface area contributed by atoms with Crippen LogP contribution in [0.25, 0.3) is 0 Å². The zero-order valence-corrected chi connectivity index (χ0v) is 12.9. The van der Waals surface area contributed by atoms with Crippen LogP contribution in [0, 0.1) is 5.92 Å². The molecule has 1 aliphatic heterocycles. The van der Waals surface area contributed by atoms with E-state index in [2.05, 4.69) is 4.90 Å². The summed E-state index contributed by atoms with van der Waals surface area (Å²) >= 11 is 0. The number of piperidine rings is 1. The van der Waals surface area contributed by atoms with Gasteiger partial charge in [0.2, 0.25) is 0 Å². The highest BCUT2D eigenvalue weighted by Crippen LogP contribution is 2.37. The van der Waals surface area contributed by atoms with Gasteiger partial charge in [0, 0.05) is 32.2 Å². The van der Waals surface area contributed by atoms with Crippen LogP contribution in [0.5, 0.6) is 0 Å². The summed E-state index contributed by atoms with van der Waals surface area (Å²) in [5.41, 5.74) is -0.150. The lowest BCUT2D eigenvalue weighted by Crippen LogP contribution is -2.38. The van der Waals surface area contributed by atoms with Gasteiger partial charge >= 0.3 is 6.18 Å². The molecule has 0 N–H and O–H groups in total. The molecule has 1 aliphatic carbocycles. The van der Waals surface area contributed by atoms with E-state index in [-0.39, 0.29) is 0 Å². The number of alkyl halides is 3. The summed E-state index contributed by atoms with van der Waals surface area (Å²) in [6.45, 7) is 3.30. The van der Waals surface area contributed by atoms with Crippen LogP contribution in [0.15, 0.2) is 24.3 Å². The second kappa shape index (κ2) is 6.20. The van der Waals surface area contributed by atoms with Gasteiger partial charge in [0.1, 0.15) is 0 Å². The average Bonchev–Trinajstić information content (AvgIpc) is 3.07. The van der Waals surface area contributed by atoms with Crippen molar-refractivity contribution in [2.24, 2.45) is 5.92 Å². The Kier molecular flexibility index (Phi) is 4.46. The molecule has 2 fully saturated rings. The maximum atomic E-state index is 13.0. The van der Waals surface area contributed by atoms with Crippen molar-refractivity contribution in [2.45, 2.75) is 38.0 Å². The highest BCUT2D eigenvalue weighted by Gasteiger charge is 2.37. The third-order valence-electron chi connectivity index (χ3n) is 5.05. The molecule has 0 radical (unpaired) electrons. The van der Waals surface area contributed by atoms with E-state index in [0.717, 1.165) is 25.0 Å². The molecule has 1 heterocycles. The fourth-order valence-electron chi connectivity index (χ4n) is 3.90. The van der Waals surface area contributed by atoms with Gasteiger partial charge in [0.15, 0.2) is 0 Å². The van der Waals surface area contributed by atoms with Crippen LogP contribution in [-0.2, 0) is 12.7 Å². The van der Waals surface area contributed by atoms with Crippen molar-refractivity contribution in [3.63, 3.8) is 0 Å². The molecule has 2 nitrogen and oxygen atoms in total. The van der Waals surface area contributed by atoms with Crippen LogP contribution in [0.2, 0.25) is 0 Å². The maximum Gasteiger partial charge on any atom is 0.416 e. The fraction of sp³-hybridized carbons (Fsp3) is 0.647. The van der Waals surface area contributed by atoms with Gasteiger partial charge in [-0.3, -0.25) is 4.90 Å². The minimum Gasteiger partial charge on any atom is -0.301 e. The SMILES string of the molecule is CN(CCN1C[C@@H]2CC[C@H]1C2)Cc1ccccc1C(F)(F)F. The van der Waals surface area contributed by atoms with Gasteiger partial charge in [0.25, 0.3) is 0 Å². The summed E-state index contributed by atoms with van der Waals surface area (Å²) in [4.78, 5) is 4.51. The predicted molar refractivity (Wildman–Crippen MR) is 80.5 cm³/mol. The highest BCUT2D eigenvalue weighted by molar-refractivity contribution is 5.29. The van der Waals surface area contributed by atoms with Crippen molar-refractivity contribution >= 4 is 0 Å². The van der Waals surface area contributed by atoms with Gasteiger partial charge in [-0.15, -0.1) is 0 Å². The first kappa shape index (κ1) is 15.8. The van der Waals surface area contributed by atoms with Gasteiger partial charge in [-0.1, -0.05) is 18.2 Å². The first-order valence-corrected chi connectivity index (χ1v) is 8.01. The van der Waals surface area contributed by atoms with E-state index in [4.69, 9.17) is 0 Å². The third-order valence-corrected chi connectivity index (χ3v) is 5.05. The first-order valence-electron chi connectivity index (χ1n) is 8.01. The smallest absolute Gasteiger partial charge is 0.301 e. The lowest BCUT2D eigenvalue weighted by Gasteiger charge is -2.29. The lowest BCUT2D eigenvalue weighted by atomic mass is 10.1. The number of halogens is 3. The average molecular weight is 312 g/mol. The third kappa shape index (κ3) is 3.46. The van der Waals surface area contributed by atoms with Gasteiger partial charge in [-0.25, -0.2) is 0 Å². The Morgan fingerprint density at radius 3 is 2.64 bits per heavy atom. The fourth-order valence-corrected chi connectivity index (χ4v) is 3.90. The Hall–Kier alpha value is -1.07. The van der Waals surface area contributed by atoms with Gasteiger partial charge in [-0.2, -0.15) is 13.2 Å². The summed E-state index contributed by atoms with van der Waals surface area (Å²) in [5.74, 6) is 0.862. The van der Waals surface area contributed by atoms with Crippen LogP contribution in [0.3, 0.4) is 0 Å². The van der Waals surface area contributed by atoms with Crippen molar-refractivity contribution in [3.8, 4) is 0 Å². The summed E-state index contributed by atoms with van der Waals surface area (Å²) in [7, 11) is 1.90. The van der Waals surface area contributed by atoms with E-state index in [1.807, 2.05) is 11.9 Å². The van der Waals surface area contributed by atoms with E-state index in [1.54, 1.807) is 12.1 Å². The van der Waals surface area contributed by atoms with Crippen LogP contribution in [0.1, 0.15) is 30.4 Å². The molecule has 122 valence electrons. The molecule has 0 unspecified atom stereocenters. The molecule has 22 heavy (non-hydrogen) atoms. The number of rotatable bonds is 5. The molecule has 5 heteroatoms. The summed E-state index contributed by atoms with van der Waals surface area (Å²) < 4.78 is 39.0. The Labute approximate surface area is 129 Å². The molecule has 2 atom stereocenters. The van der Waals surface area contributed by atoms with E-state index >= 15 is 0 Å². The largest absolute Gasteiger partial charge is 0.416 e. The van der Waals surface area contributed by atoms with Crippen molar-refractivity contribution in [2.75, 3.05) is 26.7 Å². The first-order chi connectivity index (χ1) is 10.4. The zero-order valence-electron chi connectivity index (χ0n) is 12.9. The molecule has 1 saturated heterocycles. The minimum absolute atomic E-state index is 0.345.